The van der Waals surface area contributed by atoms with Gasteiger partial charge in [0.1, 0.15) is 0 Å². The van der Waals surface area contributed by atoms with Crippen LogP contribution in [0.4, 0.5) is 5.69 Å². The van der Waals surface area contributed by atoms with Crippen LogP contribution in [0.5, 0.6) is 0 Å². The highest BCUT2D eigenvalue weighted by Gasteiger charge is 2.22. The number of carbonyl (C=O) groups is 1. The molecule has 2 rings (SSSR count). The third kappa shape index (κ3) is 2.04. The summed E-state index contributed by atoms with van der Waals surface area (Å²) in [5.41, 5.74) is 1.72. The first-order valence-electron chi connectivity index (χ1n) is 4.72. The summed E-state index contributed by atoms with van der Waals surface area (Å²) in [6.45, 7) is 1.87. The zero-order valence-electron chi connectivity index (χ0n) is 8.73. The topological polar surface area (TPSA) is 32.7 Å². The van der Waals surface area contributed by atoms with Crippen molar-refractivity contribution in [2.24, 2.45) is 5.10 Å². The summed E-state index contributed by atoms with van der Waals surface area (Å²) in [6.07, 6.45) is 2.45. The molecule has 1 heterocycles. The van der Waals surface area contributed by atoms with E-state index in [-0.39, 0.29) is 5.91 Å². The van der Waals surface area contributed by atoms with Gasteiger partial charge in [-0.05, 0) is 31.4 Å². The van der Waals surface area contributed by atoms with Crippen LogP contribution in [0, 0.1) is 0 Å². The lowest BCUT2D eigenvalue weighted by Crippen LogP contribution is -2.19. The fourth-order valence-electron chi connectivity index (χ4n) is 1.50. The summed E-state index contributed by atoms with van der Waals surface area (Å²) in [5.74, 6) is 0.0470. The molecule has 0 radical (unpaired) electrons. The molecule has 1 amide bonds. The van der Waals surface area contributed by atoms with Crippen molar-refractivity contribution in [3.8, 4) is 0 Å². The molecule has 4 heteroatoms. The maximum absolute atomic E-state index is 11.6. The van der Waals surface area contributed by atoms with Gasteiger partial charge in [0.25, 0.3) is 5.91 Å². The van der Waals surface area contributed by atoms with Crippen LogP contribution in [-0.2, 0) is 4.79 Å². The Kier molecular flexibility index (Phi) is 2.77. The van der Waals surface area contributed by atoms with Gasteiger partial charge in [-0.2, -0.15) is 5.10 Å². The van der Waals surface area contributed by atoms with Gasteiger partial charge in [-0.15, -0.1) is 11.8 Å². The van der Waals surface area contributed by atoms with E-state index >= 15 is 0 Å². The molecule has 1 aromatic rings. The molecule has 0 unspecified atom stereocenters. The third-order valence-corrected chi connectivity index (χ3v) is 2.94. The fourth-order valence-corrected chi connectivity index (χ4v) is 1.95. The number of carbonyl (C=O) groups excluding carboxylic acids is 1. The van der Waals surface area contributed by atoms with E-state index in [0.29, 0.717) is 6.42 Å². The van der Waals surface area contributed by atoms with Crippen LogP contribution in [0.15, 0.2) is 34.3 Å². The number of hydrazone groups is 1. The summed E-state index contributed by atoms with van der Waals surface area (Å²) in [6, 6.07) is 7.84. The Morgan fingerprint density at radius 3 is 2.87 bits per heavy atom. The van der Waals surface area contributed by atoms with E-state index < -0.39 is 0 Å². The van der Waals surface area contributed by atoms with Crippen molar-refractivity contribution in [3.05, 3.63) is 24.3 Å². The summed E-state index contributed by atoms with van der Waals surface area (Å²) >= 11 is 1.66. The Bertz CT molecular complexity index is 428. The van der Waals surface area contributed by atoms with E-state index in [9.17, 15) is 4.79 Å². The van der Waals surface area contributed by atoms with E-state index in [2.05, 4.69) is 5.10 Å². The molecule has 0 saturated carbocycles. The minimum Gasteiger partial charge on any atom is -0.272 e. The van der Waals surface area contributed by atoms with Gasteiger partial charge in [0.15, 0.2) is 0 Å². The monoisotopic (exact) mass is 220 g/mol. The normalized spacial score (nSPS) is 15.7. The second kappa shape index (κ2) is 4.06. The minimum atomic E-state index is 0.0470. The molecule has 1 aliphatic heterocycles. The van der Waals surface area contributed by atoms with E-state index in [1.807, 2.05) is 37.4 Å². The molecule has 1 aromatic carbocycles. The Morgan fingerprint density at radius 2 is 2.27 bits per heavy atom. The lowest BCUT2D eigenvalue weighted by molar-refractivity contribution is -0.116. The Morgan fingerprint density at radius 1 is 1.47 bits per heavy atom. The van der Waals surface area contributed by atoms with E-state index in [4.69, 9.17) is 0 Å². The molecule has 0 N–H and O–H groups in total. The maximum atomic E-state index is 11.6. The number of thioether (sulfide) groups is 1. The highest BCUT2D eigenvalue weighted by atomic mass is 32.2. The second-order valence-electron chi connectivity index (χ2n) is 3.42. The van der Waals surface area contributed by atoms with Crippen LogP contribution in [0.3, 0.4) is 0 Å². The number of benzene rings is 1. The van der Waals surface area contributed by atoms with Gasteiger partial charge in [-0.3, -0.25) is 4.79 Å². The second-order valence-corrected chi connectivity index (χ2v) is 4.30. The Hall–Kier alpha value is -1.29. The van der Waals surface area contributed by atoms with Crippen molar-refractivity contribution >= 4 is 29.1 Å². The van der Waals surface area contributed by atoms with Gasteiger partial charge in [0.2, 0.25) is 0 Å². The van der Waals surface area contributed by atoms with Crippen LogP contribution in [0.1, 0.15) is 13.3 Å². The molecule has 0 aromatic heterocycles. The smallest absolute Gasteiger partial charge is 0.253 e. The number of rotatable bonds is 2. The van der Waals surface area contributed by atoms with Gasteiger partial charge in [0, 0.05) is 10.6 Å². The first-order chi connectivity index (χ1) is 7.20. The van der Waals surface area contributed by atoms with Crippen molar-refractivity contribution in [2.75, 3.05) is 11.3 Å². The summed E-state index contributed by atoms with van der Waals surface area (Å²) in [5, 5.41) is 5.69. The van der Waals surface area contributed by atoms with Gasteiger partial charge in [-0.1, -0.05) is 6.07 Å². The minimum absolute atomic E-state index is 0.0470. The lowest BCUT2D eigenvalue weighted by atomic mass is 10.3. The van der Waals surface area contributed by atoms with Crippen LogP contribution in [0.25, 0.3) is 0 Å². The van der Waals surface area contributed by atoms with Crippen molar-refractivity contribution in [1.29, 1.82) is 0 Å². The highest BCUT2D eigenvalue weighted by molar-refractivity contribution is 7.98. The van der Waals surface area contributed by atoms with Crippen molar-refractivity contribution in [1.82, 2.24) is 0 Å². The number of hydrogen-bond donors (Lipinski definition) is 0. The lowest BCUT2D eigenvalue weighted by Gasteiger charge is -2.12. The highest BCUT2D eigenvalue weighted by Crippen LogP contribution is 2.25. The summed E-state index contributed by atoms with van der Waals surface area (Å²) in [7, 11) is 0. The molecule has 0 bridgehead atoms. The summed E-state index contributed by atoms with van der Waals surface area (Å²) in [4.78, 5) is 12.7. The zero-order valence-corrected chi connectivity index (χ0v) is 9.54. The van der Waals surface area contributed by atoms with Gasteiger partial charge in [0.05, 0.1) is 12.1 Å². The molecular weight excluding hydrogens is 208 g/mol. The average molecular weight is 220 g/mol. The van der Waals surface area contributed by atoms with Crippen LogP contribution >= 0.6 is 11.8 Å². The summed E-state index contributed by atoms with van der Waals surface area (Å²) < 4.78 is 0. The van der Waals surface area contributed by atoms with E-state index in [1.54, 1.807) is 11.8 Å². The molecule has 0 aliphatic carbocycles. The molecular formula is C11H12N2OS. The fraction of sp³-hybridized carbons (Fsp3) is 0.273. The zero-order chi connectivity index (χ0) is 10.8. The van der Waals surface area contributed by atoms with E-state index in [1.165, 1.54) is 5.01 Å². The SMILES string of the molecule is CSc1cccc(N2N=C(C)CC2=O)c1. The number of nitrogens with zero attached hydrogens (tertiary/aromatic N) is 2. The standard InChI is InChI=1S/C11H12N2OS/c1-8-6-11(14)13(12-8)9-4-3-5-10(7-9)15-2/h3-5,7H,6H2,1-2H3. The van der Waals surface area contributed by atoms with Crippen LogP contribution < -0.4 is 5.01 Å². The quantitative estimate of drug-likeness (QED) is 0.717. The number of anilines is 1. The van der Waals surface area contributed by atoms with Gasteiger partial charge in [-0.25, -0.2) is 5.01 Å². The van der Waals surface area contributed by atoms with Crippen molar-refractivity contribution < 1.29 is 4.79 Å². The average Bonchev–Trinajstić information content (AvgIpc) is 2.58. The van der Waals surface area contributed by atoms with Crippen molar-refractivity contribution in [3.63, 3.8) is 0 Å². The maximum Gasteiger partial charge on any atom is 0.253 e. The predicted octanol–water partition coefficient (Wildman–Crippen LogP) is 2.52. The Labute approximate surface area is 93.2 Å². The molecule has 78 valence electrons. The first kappa shape index (κ1) is 10.2. The Balaban J connectivity index is 2.33. The predicted molar refractivity (Wildman–Crippen MR) is 63.4 cm³/mol. The number of amides is 1. The molecule has 15 heavy (non-hydrogen) atoms. The molecule has 0 spiro atoms. The third-order valence-electron chi connectivity index (χ3n) is 2.21. The van der Waals surface area contributed by atoms with Gasteiger partial charge >= 0.3 is 0 Å². The van der Waals surface area contributed by atoms with Crippen LogP contribution in [-0.4, -0.2) is 17.9 Å². The van der Waals surface area contributed by atoms with Crippen molar-refractivity contribution in [2.45, 2.75) is 18.2 Å². The van der Waals surface area contributed by atoms with E-state index in [0.717, 1.165) is 16.3 Å². The largest absolute Gasteiger partial charge is 0.272 e. The molecule has 0 fully saturated rings. The number of hydrogen-bond acceptors (Lipinski definition) is 3. The molecule has 1 aliphatic rings. The molecule has 3 nitrogen and oxygen atoms in total. The molecule has 0 atom stereocenters. The van der Waals surface area contributed by atoms with Crippen LogP contribution in [0.2, 0.25) is 0 Å². The molecule has 0 saturated heterocycles. The first-order valence-corrected chi connectivity index (χ1v) is 5.94. The van der Waals surface area contributed by atoms with Gasteiger partial charge < -0.3 is 0 Å².